The van der Waals surface area contributed by atoms with Crippen molar-refractivity contribution in [3.8, 4) is 5.75 Å². The summed E-state index contributed by atoms with van der Waals surface area (Å²) in [5, 5.41) is 34.3. The second-order valence-corrected chi connectivity index (χ2v) is 11.2. The van der Waals surface area contributed by atoms with Crippen LogP contribution in [0.4, 0.5) is 4.79 Å². The van der Waals surface area contributed by atoms with Gasteiger partial charge in [-0.25, -0.2) is 13.2 Å². The number of hydrogen-bond donors (Lipinski definition) is 5. The molecule has 0 saturated carbocycles. The van der Waals surface area contributed by atoms with E-state index in [0.29, 0.717) is 5.75 Å². The molecule has 0 heterocycles. The fraction of sp³-hybridized carbons (Fsp3) is 0.462. The van der Waals surface area contributed by atoms with Crippen molar-refractivity contribution >= 4 is 22.0 Å². The Labute approximate surface area is 223 Å². The monoisotopic (exact) mass is 551 g/mol. The van der Waals surface area contributed by atoms with Crippen LogP contribution in [-0.4, -0.2) is 85.0 Å². The largest absolute Gasteiger partial charge is 0.497 e. The summed E-state index contributed by atoms with van der Waals surface area (Å²) in [7, 11) is -2.53. The average molecular weight is 552 g/mol. The molecule has 0 radical (unpaired) electrons. The third-order valence-corrected chi connectivity index (χ3v) is 7.63. The predicted molar refractivity (Wildman–Crippen MR) is 141 cm³/mol. The molecule has 0 bridgehead atoms. The van der Waals surface area contributed by atoms with Crippen LogP contribution in [0.15, 0.2) is 59.5 Å². The number of hydrogen-bond acceptors (Lipinski definition) is 7. The molecule has 5 N–H and O–H groups in total. The van der Waals surface area contributed by atoms with E-state index in [0.717, 1.165) is 5.56 Å². The first kappa shape index (κ1) is 31.0. The van der Waals surface area contributed by atoms with Crippen molar-refractivity contribution in [2.75, 3.05) is 26.8 Å². The van der Waals surface area contributed by atoms with Gasteiger partial charge in [0.25, 0.3) is 0 Å². The zero-order valence-electron chi connectivity index (χ0n) is 21.8. The average Bonchev–Trinajstić information content (AvgIpc) is 2.87. The number of aliphatic hydroxyl groups excluding tert-OH is 2. The molecule has 0 aliphatic rings. The SMILES string of the molecule is COc1ccc(S(=O)(=O)N(CC(C)C)C[C@@H](O)[C@H](Cc2ccccc2)NC(=O)[C@H](CCO)NC(=O)O)cc1. The van der Waals surface area contributed by atoms with Crippen LogP contribution in [0.3, 0.4) is 0 Å². The molecule has 0 spiro atoms. The first-order valence-corrected chi connectivity index (χ1v) is 13.7. The minimum atomic E-state index is -4.01. The van der Waals surface area contributed by atoms with E-state index in [9.17, 15) is 28.2 Å². The molecule has 3 atom stereocenters. The Morgan fingerprint density at radius 2 is 1.63 bits per heavy atom. The van der Waals surface area contributed by atoms with Gasteiger partial charge >= 0.3 is 6.09 Å². The first-order valence-electron chi connectivity index (χ1n) is 12.2. The summed E-state index contributed by atoms with van der Waals surface area (Å²) in [6.45, 7) is 3.06. The van der Waals surface area contributed by atoms with Gasteiger partial charge in [0.1, 0.15) is 11.8 Å². The number of carboxylic acid groups (broad SMARTS) is 1. The molecule has 0 unspecified atom stereocenters. The third-order valence-electron chi connectivity index (χ3n) is 5.78. The highest BCUT2D eigenvalue weighted by Gasteiger charge is 2.32. The minimum Gasteiger partial charge on any atom is -0.497 e. The van der Waals surface area contributed by atoms with E-state index in [4.69, 9.17) is 9.84 Å². The summed E-state index contributed by atoms with van der Waals surface area (Å²) in [6.07, 6.45) is -2.79. The number of nitrogens with zero attached hydrogens (tertiary/aromatic N) is 1. The van der Waals surface area contributed by atoms with Crippen LogP contribution in [0.5, 0.6) is 5.75 Å². The van der Waals surface area contributed by atoms with Gasteiger partial charge in [-0.2, -0.15) is 4.31 Å². The second-order valence-electron chi connectivity index (χ2n) is 9.28. The predicted octanol–water partition coefficient (Wildman–Crippen LogP) is 1.45. The molecule has 0 aromatic heterocycles. The van der Waals surface area contributed by atoms with E-state index < -0.39 is 46.8 Å². The summed E-state index contributed by atoms with van der Waals surface area (Å²) < 4.78 is 33.3. The number of ether oxygens (including phenoxy) is 1. The molecule has 0 aliphatic heterocycles. The van der Waals surface area contributed by atoms with Gasteiger partial charge in [-0.05, 0) is 48.6 Å². The van der Waals surface area contributed by atoms with Gasteiger partial charge in [0, 0.05) is 19.7 Å². The molecule has 2 aromatic rings. The Balaban J connectivity index is 2.35. The van der Waals surface area contributed by atoms with Crippen molar-refractivity contribution in [3.05, 3.63) is 60.2 Å². The van der Waals surface area contributed by atoms with Crippen LogP contribution in [0, 0.1) is 5.92 Å². The zero-order valence-corrected chi connectivity index (χ0v) is 22.6. The lowest BCUT2D eigenvalue weighted by atomic mass is 10.00. The van der Waals surface area contributed by atoms with Crippen molar-refractivity contribution < 1.29 is 38.1 Å². The molecule has 38 heavy (non-hydrogen) atoms. The van der Waals surface area contributed by atoms with E-state index >= 15 is 0 Å². The first-order chi connectivity index (χ1) is 18.0. The summed E-state index contributed by atoms with van der Waals surface area (Å²) in [6, 6.07) is 12.7. The van der Waals surface area contributed by atoms with Crippen LogP contribution in [0.2, 0.25) is 0 Å². The maximum Gasteiger partial charge on any atom is 0.405 e. The van der Waals surface area contributed by atoms with Gasteiger partial charge in [-0.15, -0.1) is 0 Å². The summed E-state index contributed by atoms with van der Waals surface area (Å²) in [4.78, 5) is 24.1. The number of methoxy groups -OCH3 is 1. The molecule has 2 aromatic carbocycles. The Bertz CT molecular complexity index is 1130. The molecule has 0 fully saturated rings. The normalized spacial score (nSPS) is 14.1. The Kier molecular flexibility index (Phi) is 12.0. The Morgan fingerprint density at radius 1 is 1.00 bits per heavy atom. The smallest absolute Gasteiger partial charge is 0.405 e. The lowest BCUT2D eigenvalue weighted by molar-refractivity contribution is -0.125. The van der Waals surface area contributed by atoms with Gasteiger partial charge in [-0.1, -0.05) is 44.2 Å². The van der Waals surface area contributed by atoms with Crippen molar-refractivity contribution in [1.82, 2.24) is 14.9 Å². The van der Waals surface area contributed by atoms with Crippen LogP contribution in [0.25, 0.3) is 0 Å². The molecule has 2 amide bonds. The van der Waals surface area contributed by atoms with E-state index in [2.05, 4.69) is 10.6 Å². The topological polar surface area (TPSA) is 165 Å². The molecule has 0 aliphatic carbocycles. The number of nitrogens with one attached hydrogen (secondary N) is 2. The van der Waals surface area contributed by atoms with Crippen LogP contribution in [-0.2, 0) is 21.2 Å². The van der Waals surface area contributed by atoms with Crippen LogP contribution < -0.4 is 15.4 Å². The van der Waals surface area contributed by atoms with Gasteiger partial charge in [0.2, 0.25) is 15.9 Å². The second kappa shape index (κ2) is 14.7. The van der Waals surface area contributed by atoms with E-state index in [1.165, 1.54) is 35.7 Å². The summed E-state index contributed by atoms with van der Waals surface area (Å²) in [5.74, 6) is -0.307. The highest BCUT2D eigenvalue weighted by atomic mass is 32.2. The van der Waals surface area contributed by atoms with Crippen molar-refractivity contribution in [3.63, 3.8) is 0 Å². The lowest BCUT2D eigenvalue weighted by Gasteiger charge is -2.31. The Morgan fingerprint density at radius 3 is 2.16 bits per heavy atom. The van der Waals surface area contributed by atoms with Crippen molar-refractivity contribution in [2.24, 2.45) is 5.92 Å². The maximum absolute atomic E-state index is 13.5. The zero-order chi connectivity index (χ0) is 28.3. The van der Waals surface area contributed by atoms with Gasteiger partial charge in [0.15, 0.2) is 0 Å². The van der Waals surface area contributed by atoms with E-state index in [1.807, 2.05) is 19.9 Å². The van der Waals surface area contributed by atoms with Crippen molar-refractivity contribution in [2.45, 2.75) is 49.8 Å². The summed E-state index contributed by atoms with van der Waals surface area (Å²) in [5.41, 5.74) is 0.773. The van der Waals surface area contributed by atoms with E-state index in [-0.39, 0.29) is 36.7 Å². The fourth-order valence-corrected chi connectivity index (χ4v) is 5.51. The molecule has 12 heteroatoms. The quantitative estimate of drug-likeness (QED) is 0.222. The highest BCUT2D eigenvalue weighted by Crippen LogP contribution is 2.21. The van der Waals surface area contributed by atoms with Crippen molar-refractivity contribution in [1.29, 1.82) is 0 Å². The molecule has 11 nitrogen and oxygen atoms in total. The van der Waals surface area contributed by atoms with Gasteiger partial charge < -0.3 is 30.7 Å². The molecule has 210 valence electrons. The Hall–Kier alpha value is -3.19. The number of aliphatic hydroxyl groups is 2. The number of amides is 2. The van der Waals surface area contributed by atoms with Gasteiger partial charge in [-0.3, -0.25) is 4.79 Å². The maximum atomic E-state index is 13.5. The molecular formula is C26H37N3O8S. The number of carbonyl (C=O) groups excluding carboxylic acids is 1. The number of benzene rings is 2. The number of rotatable bonds is 15. The number of sulfonamides is 1. The minimum absolute atomic E-state index is 0.0310. The highest BCUT2D eigenvalue weighted by molar-refractivity contribution is 7.89. The van der Waals surface area contributed by atoms with E-state index in [1.54, 1.807) is 24.3 Å². The standard InChI is InChI=1S/C26H37N3O8S/c1-18(2)16-29(38(35,36)21-11-9-20(37-3)10-12-21)17-24(31)23(15-19-7-5-4-6-8-19)27-25(32)22(13-14-30)28-26(33)34/h4-12,18,22-24,28,30-31H,13-17H2,1-3H3,(H,27,32)(H,33,34)/t22-,23-,24+/m0/s1. The molecular weight excluding hydrogens is 514 g/mol. The third kappa shape index (κ3) is 9.28. The van der Waals surface area contributed by atoms with Gasteiger partial charge in [0.05, 0.1) is 24.2 Å². The molecule has 2 rings (SSSR count). The number of carbonyl (C=O) groups is 2. The molecule has 0 saturated heterocycles. The summed E-state index contributed by atoms with van der Waals surface area (Å²) >= 11 is 0. The van der Waals surface area contributed by atoms with Crippen LogP contribution in [0.1, 0.15) is 25.8 Å². The fourth-order valence-electron chi connectivity index (χ4n) is 3.89. The lowest BCUT2D eigenvalue weighted by Crippen LogP contribution is -2.55. The van der Waals surface area contributed by atoms with Crippen LogP contribution >= 0.6 is 0 Å².